The molecule has 2 nitrogen and oxygen atoms in total. The van der Waals surface area contributed by atoms with Gasteiger partial charge in [-0.05, 0) is 31.7 Å². The predicted molar refractivity (Wildman–Crippen MR) is 160 cm³/mol. The number of ether oxygens (including phenoxy) is 1. The van der Waals surface area contributed by atoms with Crippen LogP contribution in [0.4, 0.5) is 0 Å². The van der Waals surface area contributed by atoms with Crippen LogP contribution in [0.15, 0.2) is 109 Å². The second-order valence-electron chi connectivity index (χ2n) is 10.4. The molecular formula is C33H33ClO2Si. The SMILES string of the molecule is CC(C)(C)[Si](OCCOc1c2ccccc2c(CCl)c2ccccc12)(c1ccccc1)c1ccccc1. The molecule has 37 heavy (non-hydrogen) atoms. The molecule has 0 atom stereocenters. The van der Waals surface area contributed by atoms with Gasteiger partial charge in [-0.2, -0.15) is 0 Å². The normalized spacial score (nSPS) is 12.2. The van der Waals surface area contributed by atoms with E-state index in [0.717, 1.165) is 32.9 Å². The summed E-state index contributed by atoms with van der Waals surface area (Å²) in [5.74, 6) is 1.35. The van der Waals surface area contributed by atoms with Gasteiger partial charge in [0.15, 0.2) is 0 Å². The first-order valence-electron chi connectivity index (χ1n) is 12.8. The average Bonchev–Trinajstić information content (AvgIpc) is 2.93. The molecule has 0 heterocycles. The molecule has 0 aliphatic rings. The molecule has 0 aromatic heterocycles. The molecule has 0 N–H and O–H groups in total. The molecule has 0 amide bonds. The van der Waals surface area contributed by atoms with E-state index in [0.29, 0.717) is 19.1 Å². The maximum Gasteiger partial charge on any atom is 0.261 e. The molecule has 0 aliphatic heterocycles. The molecule has 5 aromatic carbocycles. The number of fused-ring (bicyclic) bond motifs is 2. The maximum atomic E-state index is 7.05. The summed E-state index contributed by atoms with van der Waals surface area (Å²) in [4.78, 5) is 0. The molecule has 5 aromatic rings. The van der Waals surface area contributed by atoms with Crippen molar-refractivity contribution in [2.24, 2.45) is 0 Å². The number of halogens is 1. The molecule has 0 spiro atoms. The first-order chi connectivity index (χ1) is 18.0. The van der Waals surface area contributed by atoms with Crippen LogP contribution in [0.3, 0.4) is 0 Å². The lowest BCUT2D eigenvalue weighted by atomic mass is 9.96. The summed E-state index contributed by atoms with van der Waals surface area (Å²) in [6.45, 7) is 7.84. The third kappa shape index (κ3) is 4.68. The van der Waals surface area contributed by atoms with E-state index in [1.807, 2.05) is 0 Å². The minimum absolute atomic E-state index is 0.0723. The van der Waals surface area contributed by atoms with Crippen LogP contribution in [0.25, 0.3) is 21.5 Å². The first kappa shape index (κ1) is 25.5. The van der Waals surface area contributed by atoms with E-state index in [1.54, 1.807) is 0 Å². The van der Waals surface area contributed by atoms with Gasteiger partial charge in [0.2, 0.25) is 0 Å². The van der Waals surface area contributed by atoms with Gasteiger partial charge in [-0.3, -0.25) is 0 Å². The summed E-state index contributed by atoms with van der Waals surface area (Å²) in [6.07, 6.45) is 0. The van der Waals surface area contributed by atoms with Crippen molar-refractivity contribution in [2.45, 2.75) is 31.7 Å². The van der Waals surface area contributed by atoms with Gasteiger partial charge in [-0.1, -0.05) is 130 Å². The van der Waals surface area contributed by atoms with Crippen LogP contribution in [0, 0.1) is 0 Å². The van der Waals surface area contributed by atoms with Gasteiger partial charge in [0.1, 0.15) is 12.4 Å². The summed E-state index contributed by atoms with van der Waals surface area (Å²) in [6, 6.07) is 38.2. The lowest BCUT2D eigenvalue weighted by Gasteiger charge is -2.43. The number of hydrogen-bond acceptors (Lipinski definition) is 2. The van der Waals surface area contributed by atoms with Gasteiger partial charge < -0.3 is 9.16 Å². The quantitative estimate of drug-likeness (QED) is 0.0896. The van der Waals surface area contributed by atoms with E-state index in [9.17, 15) is 0 Å². The van der Waals surface area contributed by atoms with Crippen molar-refractivity contribution in [1.82, 2.24) is 0 Å². The fourth-order valence-corrected chi connectivity index (χ4v) is 10.4. The van der Waals surface area contributed by atoms with Crippen molar-refractivity contribution in [3.8, 4) is 5.75 Å². The zero-order valence-electron chi connectivity index (χ0n) is 21.7. The molecule has 5 rings (SSSR count). The summed E-state index contributed by atoms with van der Waals surface area (Å²) >= 11 is 6.42. The third-order valence-electron chi connectivity index (χ3n) is 7.19. The smallest absolute Gasteiger partial charge is 0.261 e. The van der Waals surface area contributed by atoms with Crippen LogP contribution in [0.2, 0.25) is 5.04 Å². The van der Waals surface area contributed by atoms with Gasteiger partial charge in [0.25, 0.3) is 8.32 Å². The Hall–Kier alpha value is -3.11. The van der Waals surface area contributed by atoms with E-state index >= 15 is 0 Å². The number of hydrogen-bond donors (Lipinski definition) is 0. The fraction of sp³-hybridized carbons (Fsp3) is 0.212. The predicted octanol–water partition coefficient (Wildman–Crippen LogP) is 7.69. The van der Waals surface area contributed by atoms with Gasteiger partial charge in [0, 0.05) is 16.7 Å². The van der Waals surface area contributed by atoms with E-state index in [-0.39, 0.29) is 5.04 Å². The van der Waals surface area contributed by atoms with Gasteiger partial charge in [-0.25, -0.2) is 0 Å². The highest BCUT2D eigenvalue weighted by Crippen LogP contribution is 2.39. The van der Waals surface area contributed by atoms with Crippen LogP contribution in [-0.2, 0) is 10.3 Å². The number of alkyl halides is 1. The lowest BCUT2D eigenvalue weighted by molar-refractivity contribution is 0.211. The Balaban J connectivity index is 1.51. The van der Waals surface area contributed by atoms with Crippen LogP contribution < -0.4 is 15.1 Å². The first-order valence-corrected chi connectivity index (χ1v) is 15.3. The monoisotopic (exact) mass is 524 g/mol. The minimum Gasteiger partial charge on any atom is -0.490 e. The zero-order chi connectivity index (χ0) is 25.9. The van der Waals surface area contributed by atoms with Crippen LogP contribution in [0.5, 0.6) is 5.75 Å². The number of rotatable bonds is 8. The Labute approximate surface area is 225 Å². The van der Waals surface area contributed by atoms with Crippen molar-refractivity contribution in [3.63, 3.8) is 0 Å². The Morgan fingerprint density at radius 3 is 1.46 bits per heavy atom. The summed E-state index contributed by atoms with van der Waals surface area (Å²) in [5.41, 5.74) is 1.14. The van der Waals surface area contributed by atoms with Crippen molar-refractivity contribution in [3.05, 3.63) is 115 Å². The second kappa shape index (κ2) is 10.7. The second-order valence-corrected chi connectivity index (χ2v) is 15.0. The van der Waals surface area contributed by atoms with Crippen molar-refractivity contribution in [1.29, 1.82) is 0 Å². The standard InChI is InChI=1S/C33H33ClO2Si/c1-33(2,3)37(25-14-6-4-7-15-25,26-16-8-5-9-17-26)36-23-22-35-32-29-20-12-10-18-27(29)31(24-34)28-19-11-13-21-30(28)32/h4-21H,22-24H2,1-3H3. The molecule has 0 unspecified atom stereocenters. The largest absolute Gasteiger partial charge is 0.490 e. The van der Waals surface area contributed by atoms with Crippen LogP contribution in [0.1, 0.15) is 26.3 Å². The van der Waals surface area contributed by atoms with Crippen molar-refractivity contribution in [2.75, 3.05) is 13.2 Å². The molecule has 0 saturated carbocycles. The minimum atomic E-state index is -2.61. The third-order valence-corrected chi connectivity index (χ3v) is 12.5. The summed E-state index contributed by atoms with van der Waals surface area (Å²) in [5, 5.41) is 6.92. The Bertz CT molecular complexity index is 1400. The molecule has 4 heteroatoms. The topological polar surface area (TPSA) is 18.5 Å². The highest BCUT2D eigenvalue weighted by atomic mass is 35.5. The molecule has 0 radical (unpaired) electrons. The van der Waals surface area contributed by atoms with E-state index in [4.69, 9.17) is 20.8 Å². The van der Waals surface area contributed by atoms with Gasteiger partial charge in [-0.15, -0.1) is 11.6 Å². The molecule has 0 aliphatic carbocycles. The van der Waals surface area contributed by atoms with E-state index < -0.39 is 8.32 Å². The molecule has 0 saturated heterocycles. The van der Waals surface area contributed by atoms with Crippen molar-refractivity contribution >= 4 is 51.8 Å². The zero-order valence-corrected chi connectivity index (χ0v) is 23.5. The summed E-state index contributed by atoms with van der Waals surface area (Å²) < 4.78 is 13.6. The van der Waals surface area contributed by atoms with Crippen LogP contribution in [-0.4, -0.2) is 21.5 Å². The Morgan fingerprint density at radius 1 is 0.595 bits per heavy atom. The molecule has 0 bridgehead atoms. The average molecular weight is 525 g/mol. The van der Waals surface area contributed by atoms with Gasteiger partial charge >= 0.3 is 0 Å². The Kier molecular flexibility index (Phi) is 7.39. The molecule has 188 valence electrons. The highest BCUT2D eigenvalue weighted by Gasteiger charge is 2.50. The Morgan fingerprint density at radius 2 is 1.03 bits per heavy atom. The lowest BCUT2D eigenvalue weighted by Crippen LogP contribution is -2.66. The highest BCUT2D eigenvalue weighted by molar-refractivity contribution is 6.99. The molecular weight excluding hydrogens is 492 g/mol. The number of benzene rings is 5. The molecule has 0 fully saturated rings. The van der Waals surface area contributed by atoms with E-state index in [2.05, 4.69) is 130 Å². The van der Waals surface area contributed by atoms with Crippen LogP contribution >= 0.6 is 11.6 Å². The van der Waals surface area contributed by atoms with E-state index in [1.165, 1.54) is 10.4 Å². The maximum absolute atomic E-state index is 7.05. The van der Waals surface area contributed by atoms with Crippen molar-refractivity contribution < 1.29 is 9.16 Å². The van der Waals surface area contributed by atoms with Gasteiger partial charge in [0.05, 0.1) is 6.61 Å². The fourth-order valence-electron chi connectivity index (χ4n) is 5.58. The summed E-state index contributed by atoms with van der Waals surface area (Å²) in [7, 11) is -2.61.